The van der Waals surface area contributed by atoms with Crippen LogP contribution in [0.4, 0.5) is 0 Å². The SMILES string of the molecule is CC(C)OCc1c(C(=O)N2CCC3(CCNC3)CC2)oc2ccccc12. The summed E-state index contributed by atoms with van der Waals surface area (Å²) >= 11 is 0. The Hall–Kier alpha value is -1.85. The lowest BCUT2D eigenvalue weighted by Crippen LogP contribution is -2.44. The van der Waals surface area contributed by atoms with Gasteiger partial charge in [-0.05, 0) is 51.1 Å². The second-order valence-corrected chi connectivity index (χ2v) is 7.98. The molecule has 2 saturated heterocycles. The number of para-hydroxylation sites is 1. The number of amides is 1. The highest BCUT2D eigenvalue weighted by Gasteiger charge is 2.39. The fraction of sp³-hybridized carbons (Fsp3) is 0.571. The Morgan fingerprint density at radius 3 is 2.73 bits per heavy atom. The molecule has 0 bridgehead atoms. The maximum atomic E-state index is 13.2. The van der Waals surface area contributed by atoms with Crippen molar-refractivity contribution in [1.82, 2.24) is 10.2 Å². The topological polar surface area (TPSA) is 54.7 Å². The first-order chi connectivity index (χ1) is 12.6. The molecule has 0 atom stereocenters. The lowest BCUT2D eigenvalue weighted by Gasteiger charge is -2.38. The molecule has 0 radical (unpaired) electrons. The molecule has 4 rings (SSSR count). The minimum Gasteiger partial charge on any atom is -0.451 e. The van der Waals surface area contributed by atoms with Crippen LogP contribution >= 0.6 is 0 Å². The summed E-state index contributed by atoms with van der Waals surface area (Å²) in [6.45, 7) is 8.22. The van der Waals surface area contributed by atoms with Crippen molar-refractivity contribution < 1.29 is 13.9 Å². The zero-order valence-corrected chi connectivity index (χ0v) is 15.7. The van der Waals surface area contributed by atoms with Crippen LogP contribution in [0.1, 0.15) is 49.2 Å². The Bertz CT molecular complexity index is 780. The molecule has 26 heavy (non-hydrogen) atoms. The summed E-state index contributed by atoms with van der Waals surface area (Å²) in [5.41, 5.74) is 2.03. The number of likely N-dealkylation sites (tertiary alicyclic amines) is 1. The summed E-state index contributed by atoms with van der Waals surface area (Å²) in [6.07, 6.45) is 3.48. The van der Waals surface area contributed by atoms with Crippen LogP contribution in [-0.4, -0.2) is 43.1 Å². The maximum Gasteiger partial charge on any atom is 0.289 e. The van der Waals surface area contributed by atoms with Crippen LogP contribution in [0.3, 0.4) is 0 Å². The van der Waals surface area contributed by atoms with Gasteiger partial charge < -0.3 is 19.4 Å². The smallest absolute Gasteiger partial charge is 0.289 e. The van der Waals surface area contributed by atoms with Crippen LogP contribution in [0.25, 0.3) is 11.0 Å². The van der Waals surface area contributed by atoms with E-state index in [1.54, 1.807) is 0 Å². The number of fused-ring (bicyclic) bond motifs is 1. The van der Waals surface area contributed by atoms with Gasteiger partial charge >= 0.3 is 0 Å². The zero-order valence-electron chi connectivity index (χ0n) is 15.7. The van der Waals surface area contributed by atoms with Gasteiger partial charge in [-0.25, -0.2) is 0 Å². The first-order valence-corrected chi connectivity index (χ1v) is 9.70. The molecule has 2 aliphatic rings. The van der Waals surface area contributed by atoms with Crippen molar-refractivity contribution in [2.45, 2.75) is 45.8 Å². The van der Waals surface area contributed by atoms with Crippen molar-refractivity contribution in [3.8, 4) is 0 Å². The van der Waals surface area contributed by atoms with E-state index in [9.17, 15) is 4.79 Å². The molecule has 1 spiro atoms. The monoisotopic (exact) mass is 356 g/mol. The lowest BCUT2D eigenvalue weighted by atomic mass is 9.78. The van der Waals surface area contributed by atoms with E-state index < -0.39 is 0 Å². The van der Waals surface area contributed by atoms with Crippen molar-refractivity contribution in [1.29, 1.82) is 0 Å². The number of hydrogen-bond acceptors (Lipinski definition) is 4. The average Bonchev–Trinajstić information content (AvgIpc) is 3.25. The number of ether oxygens (including phenoxy) is 1. The normalized spacial score (nSPS) is 19.7. The Balaban J connectivity index is 1.57. The predicted molar refractivity (Wildman–Crippen MR) is 101 cm³/mol. The van der Waals surface area contributed by atoms with E-state index in [1.807, 2.05) is 43.0 Å². The fourth-order valence-electron chi connectivity index (χ4n) is 4.21. The number of carbonyl (C=O) groups excluding carboxylic acids is 1. The van der Waals surface area contributed by atoms with E-state index in [0.717, 1.165) is 55.6 Å². The molecule has 1 aromatic heterocycles. The van der Waals surface area contributed by atoms with Gasteiger partial charge in [0, 0.05) is 30.6 Å². The highest BCUT2D eigenvalue weighted by atomic mass is 16.5. The van der Waals surface area contributed by atoms with Crippen LogP contribution in [0.15, 0.2) is 28.7 Å². The number of nitrogens with one attached hydrogen (secondary N) is 1. The van der Waals surface area contributed by atoms with E-state index in [1.165, 1.54) is 6.42 Å². The number of benzene rings is 1. The molecular weight excluding hydrogens is 328 g/mol. The second kappa shape index (κ2) is 7.05. The van der Waals surface area contributed by atoms with Gasteiger partial charge in [-0.15, -0.1) is 0 Å². The van der Waals surface area contributed by atoms with Gasteiger partial charge in [0.1, 0.15) is 5.58 Å². The molecule has 5 nitrogen and oxygen atoms in total. The van der Waals surface area contributed by atoms with Gasteiger partial charge in [0.15, 0.2) is 5.76 Å². The molecule has 1 N–H and O–H groups in total. The van der Waals surface area contributed by atoms with Crippen LogP contribution in [-0.2, 0) is 11.3 Å². The third-order valence-electron chi connectivity index (χ3n) is 5.90. The number of piperidine rings is 1. The number of furan rings is 1. The Labute approximate surface area is 154 Å². The van der Waals surface area contributed by atoms with Crippen LogP contribution < -0.4 is 5.32 Å². The second-order valence-electron chi connectivity index (χ2n) is 7.98. The van der Waals surface area contributed by atoms with E-state index in [0.29, 0.717) is 17.8 Å². The quantitative estimate of drug-likeness (QED) is 0.910. The Morgan fingerprint density at radius 1 is 1.27 bits per heavy atom. The standard InChI is InChI=1S/C21H28N2O3/c1-15(2)25-13-17-16-5-3-4-6-18(16)26-19(17)20(24)23-11-8-21(9-12-23)7-10-22-14-21/h3-6,15,22H,7-14H2,1-2H3. The van der Waals surface area contributed by atoms with Crippen LogP contribution in [0, 0.1) is 5.41 Å². The molecule has 140 valence electrons. The summed E-state index contributed by atoms with van der Waals surface area (Å²) in [4.78, 5) is 15.2. The molecule has 0 saturated carbocycles. The number of rotatable bonds is 4. The van der Waals surface area contributed by atoms with Gasteiger partial charge in [0.05, 0.1) is 12.7 Å². The summed E-state index contributed by atoms with van der Waals surface area (Å²) in [5.74, 6) is 0.455. The molecule has 2 aliphatic heterocycles. The Morgan fingerprint density at radius 2 is 2.04 bits per heavy atom. The number of hydrogen-bond donors (Lipinski definition) is 1. The molecule has 1 aromatic carbocycles. The maximum absolute atomic E-state index is 13.2. The molecule has 3 heterocycles. The summed E-state index contributed by atoms with van der Waals surface area (Å²) in [6, 6.07) is 7.83. The Kier molecular flexibility index (Phi) is 4.76. The van der Waals surface area contributed by atoms with E-state index >= 15 is 0 Å². The minimum absolute atomic E-state index is 0.00404. The van der Waals surface area contributed by atoms with Crippen molar-refractivity contribution in [3.63, 3.8) is 0 Å². The summed E-state index contributed by atoms with van der Waals surface area (Å²) in [5, 5.41) is 4.45. The van der Waals surface area contributed by atoms with Gasteiger partial charge in [0.2, 0.25) is 0 Å². The summed E-state index contributed by atoms with van der Waals surface area (Å²) in [7, 11) is 0. The molecule has 2 aromatic rings. The third-order valence-corrected chi connectivity index (χ3v) is 5.90. The van der Waals surface area contributed by atoms with Crippen molar-refractivity contribution >= 4 is 16.9 Å². The third kappa shape index (κ3) is 3.26. The van der Waals surface area contributed by atoms with Crippen LogP contribution in [0.2, 0.25) is 0 Å². The average molecular weight is 356 g/mol. The highest BCUT2D eigenvalue weighted by molar-refractivity contribution is 5.99. The van der Waals surface area contributed by atoms with Gasteiger partial charge in [-0.1, -0.05) is 18.2 Å². The van der Waals surface area contributed by atoms with Gasteiger partial charge in [0.25, 0.3) is 5.91 Å². The number of nitrogens with zero attached hydrogens (tertiary/aromatic N) is 1. The molecule has 2 fully saturated rings. The van der Waals surface area contributed by atoms with Crippen molar-refractivity contribution in [2.24, 2.45) is 5.41 Å². The fourth-order valence-corrected chi connectivity index (χ4v) is 4.21. The van der Waals surface area contributed by atoms with Gasteiger partial charge in [-0.2, -0.15) is 0 Å². The molecule has 0 aliphatic carbocycles. The first kappa shape index (κ1) is 17.6. The van der Waals surface area contributed by atoms with Crippen molar-refractivity contribution in [2.75, 3.05) is 26.2 Å². The first-order valence-electron chi connectivity index (χ1n) is 9.70. The minimum atomic E-state index is 0.00404. The molecule has 0 unspecified atom stereocenters. The van der Waals surface area contributed by atoms with Crippen molar-refractivity contribution in [3.05, 3.63) is 35.6 Å². The zero-order chi connectivity index (χ0) is 18.1. The van der Waals surface area contributed by atoms with Gasteiger partial charge in [-0.3, -0.25) is 4.79 Å². The summed E-state index contributed by atoms with van der Waals surface area (Å²) < 4.78 is 11.8. The molecule has 5 heteroatoms. The predicted octanol–water partition coefficient (Wildman–Crippen LogP) is 3.57. The van der Waals surface area contributed by atoms with Crippen LogP contribution in [0.5, 0.6) is 0 Å². The largest absolute Gasteiger partial charge is 0.451 e. The molecule has 1 amide bonds. The van der Waals surface area contributed by atoms with E-state index in [2.05, 4.69) is 5.32 Å². The molecular formula is C21H28N2O3. The number of carbonyl (C=O) groups is 1. The highest BCUT2D eigenvalue weighted by Crippen LogP contribution is 2.38. The van der Waals surface area contributed by atoms with E-state index in [4.69, 9.17) is 9.15 Å². The van der Waals surface area contributed by atoms with E-state index in [-0.39, 0.29) is 12.0 Å². The lowest BCUT2D eigenvalue weighted by molar-refractivity contribution is 0.0535.